The van der Waals surface area contributed by atoms with Gasteiger partial charge in [0.25, 0.3) is 0 Å². The first-order valence-corrected chi connectivity index (χ1v) is 11.7. The highest BCUT2D eigenvalue weighted by Gasteiger charge is 2.65. The molecule has 0 spiro atoms. The Morgan fingerprint density at radius 2 is 1.93 bits per heavy atom. The number of hydrogen-bond donors (Lipinski definition) is 2. The van der Waals surface area contributed by atoms with Crippen molar-refractivity contribution >= 4 is 11.8 Å². The Bertz CT molecular complexity index is 662. The van der Waals surface area contributed by atoms with Crippen LogP contribution in [0.2, 0.25) is 0 Å². The summed E-state index contributed by atoms with van der Waals surface area (Å²) in [6.07, 6.45) is 7.17. The van der Waals surface area contributed by atoms with Crippen molar-refractivity contribution in [1.29, 1.82) is 0 Å². The van der Waals surface area contributed by atoms with Gasteiger partial charge < -0.3 is 14.9 Å². The summed E-state index contributed by atoms with van der Waals surface area (Å²) in [5.74, 6) is 1.67. The van der Waals surface area contributed by atoms with E-state index < -0.39 is 0 Å². The summed E-state index contributed by atoms with van der Waals surface area (Å²) in [7, 11) is 1.43. The third-order valence-electron chi connectivity index (χ3n) is 9.96. The topological polar surface area (TPSA) is 83.8 Å². The van der Waals surface area contributed by atoms with E-state index in [4.69, 9.17) is 4.74 Å². The number of esters is 1. The first kappa shape index (κ1) is 21.3. The number of methoxy groups -OCH3 is 1. The van der Waals surface area contributed by atoms with Gasteiger partial charge in [0.15, 0.2) is 0 Å². The molecule has 2 N–H and O–H groups in total. The molecule has 4 saturated carbocycles. The lowest BCUT2D eigenvalue weighted by molar-refractivity contribution is -0.198. The van der Waals surface area contributed by atoms with Gasteiger partial charge in [-0.05, 0) is 85.4 Å². The molecule has 2 unspecified atom stereocenters. The van der Waals surface area contributed by atoms with Crippen molar-refractivity contribution in [3.05, 3.63) is 0 Å². The fourth-order valence-corrected chi connectivity index (χ4v) is 8.17. The lowest BCUT2D eigenvalue weighted by Crippen LogP contribution is -2.61. The molecule has 9 atom stereocenters. The standard InChI is InChI=1S/C24H38O5/c1-23-10-9-16(25)11-15(23)12-19(26)22-17-8-7-14(5-4-6-21(28)29-3)24(17,2)20(27)13-18(22)23/h14-15,17-20,22,26-27H,4-13H2,1-3H3/t14-,15-,17-,18?,19+,20-,22?,23-,24+/m0/s1. The number of Topliss-reactive ketones (excluding diaryl/α,β-unsaturated/α-hetero) is 1. The molecule has 5 heteroatoms. The van der Waals surface area contributed by atoms with E-state index in [1.165, 1.54) is 7.11 Å². The van der Waals surface area contributed by atoms with E-state index in [1.54, 1.807) is 0 Å². The van der Waals surface area contributed by atoms with Crippen molar-refractivity contribution in [1.82, 2.24) is 0 Å². The molecule has 4 rings (SSSR count). The number of hydrogen-bond acceptors (Lipinski definition) is 5. The van der Waals surface area contributed by atoms with E-state index in [0.717, 1.165) is 44.9 Å². The fraction of sp³-hybridized carbons (Fsp3) is 0.917. The van der Waals surface area contributed by atoms with Crippen LogP contribution in [0.4, 0.5) is 0 Å². The second kappa shape index (κ2) is 7.64. The van der Waals surface area contributed by atoms with Crippen LogP contribution in [0, 0.1) is 40.4 Å². The molecule has 4 fully saturated rings. The molecule has 0 amide bonds. The van der Waals surface area contributed by atoms with Crippen LogP contribution >= 0.6 is 0 Å². The molecule has 0 saturated heterocycles. The van der Waals surface area contributed by atoms with Crippen LogP contribution in [-0.4, -0.2) is 41.3 Å². The number of aliphatic hydroxyl groups excluding tert-OH is 2. The van der Waals surface area contributed by atoms with E-state index in [0.29, 0.717) is 42.8 Å². The van der Waals surface area contributed by atoms with Crippen molar-refractivity contribution in [2.24, 2.45) is 40.4 Å². The Balaban J connectivity index is 1.55. The minimum absolute atomic E-state index is 0.0586. The first-order chi connectivity index (χ1) is 13.7. The Morgan fingerprint density at radius 1 is 1.17 bits per heavy atom. The minimum atomic E-state index is -0.375. The van der Waals surface area contributed by atoms with Gasteiger partial charge in [-0.15, -0.1) is 0 Å². The number of carbonyl (C=O) groups is 2. The summed E-state index contributed by atoms with van der Waals surface area (Å²) in [6, 6.07) is 0. The zero-order chi connectivity index (χ0) is 21.0. The van der Waals surface area contributed by atoms with Crippen LogP contribution in [0.3, 0.4) is 0 Å². The molecule has 0 aromatic carbocycles. The maximum absolute atomic E-state index is 12.1. The van der Waals surface area contributed by atoms with Gasteiger partial charge in [0.1, 0.15) is 5.78 Å². The van der Waals surface area contributed by atoms with E-state index in [9.17, 15) is 19.8 Å². The van der Waals surface area contributed by atoms with Gasteiger partial charge in [0.05, 0.1) is 19.3 Å². The van der Waals surface area contributed by atoms with E-state index in [1.807, 2.05) is 0 Å². The number of ether oxygens (including phenoxy) is 1. The fourth-order valence-electron chi connectivity index (χ4n) is 8.17. The minimum Gasteiger partial charge on any atom is -0.469 e. The van der Waals surface area contributed by atoms with Crippen LogP contribution in [0.1, 0.15) is 78.1 Å². The predicted molar refractivity (Wildman–Crippen MR) is 109 cm³/mol. The number of fused-ring (bicyclic) bond motifs is 5. The van der Waals surface area contributed by atoms with E-state index in [-0.39, 0.29) is 40.8 Å². The lowest BCUT2D eigenvalue weighted by Gasteiger charge is -2.62. The van der Waals surface area contributed by atoms with Crippen molar-refractivity contribution in [2.75, 3.05) is 7.11 Å². The smallest absolute Gasteiger partial charge is 0.305 e. The summed E-state index contributed by atoms with van der Waals surface area (Å²) in [5, 5.41) is 22.6. The van der Waals surface area contributed by atoms with Gasteiger partial charge >= 0.3 is 5.97 Å². The van der Waals surface area contributed by atoms with Gasteiger partial charge in [0.2, 0.25) is 0 Å². The Hall–Kier alpha value is -0.940. The Kier molecular flexibility index (Phi) is 5.61. The monoisotopic (exact) mass is 406 g/mol. The van der Waals surface area contributed by atoms with Crippen molar-refractivity contribution < 1.29 is 24.5 Å². The Morgan fingerprint density at radius 3 is 2.66 bits per heavy atom. The number of aliphatic hydroxyl groups is 2. The third kappa shape index (κ3) is 3.27. The molecule has 0 aromatic rings. The van der Waals surface area contributed by atoms with Gasteiger partial charge in [-0.2, -0.15) is 0 Å². The predicted octanol–water partition coefficient (Wildman–Crippen LogP) is 3.50. The maximum atomic E-state index is 12.1. The second-order valence-electron chi connectivity index (χ2n) is 10.9. The van der Waals surface area contributed by atoms with Crippen molar-refractivity contribution in [3.63, 3.8) is 0 Å². The molecule has 0 aromatic heterocycles. The largest absolute Gasteiger partial charge is 0.469 e. The van der Waals surface area contributed by atoms with Crippen LogP contribution in [-0.2, 0) is 14.3 Å². The molecular weight excluding hydrogens is 368 g/mol. The summed E-state index contributed by atoms with van der Waals surface area (Å²) in [6.45, 7) is 4.56. The summed E-state index contributed by atoms with van der Waals surface area (Å²) in [4.78, 5) is 23.6. The molecule has 4 aliphatic carbocycles. The normalized spacial score (nSPS) is 49.1. The maximum Gasteiger partial charge on any atom is 0.305 e. The summed E-state index contributed by atoms with van der Waals surface area (Å²) in [5.41, 5.74) is -0.130. The quantitative estimate of drug-likeness (QED) is 0.698. The summed E-state index contributed by atoms with van der Waals surface area (Å²) >= 11 is 0. The SMILES string of the molecule is COC(=O)CCC[C@H]1CC[C@H]2C3C(C[C@H](O)[C@]12C)[C@@]1(C)CCC(=O)C[C@H]1C[C@H]3O. The molecule has 0 aliphatic heterocycles. The van der Waals surface area contributed by atoms with Gasteiger partial charge in [-0.3, -0.25) is 9.59 Å². The molecule has 164 valence electrons. The number of carbonyl (C=O) groups excluding carboxylic acids is 2. The molecule has 4 aliphatic rings. The van der Waals surface area contributed by atoms with Crippen LogP contribution in [0.25, 0.3) is 0 Å². The highest BCUT2D eigenvalue weighted by atomic mass is 16.5. The lowest BCUT2D eigenvalue weighted by atomic mass is 9.43. The van der Waals surface area contributed by atoms with Gasteiger partial charge in [0, 0.05) is 19.3 Å². The van der Waals surface area contributed by atoms with Crippen LogP contribution < -0.4 is 0 Å². The molecule has 0 radical (unpaired) electrons. The first-order valence-electron chi connectivity index (χ1n) is 11.7. The van der Waals surface area contributed by atoms with Crippen LogP contribution in [0.5, 0.6) is 0 Å². The Labute approximate surface area is 174 Å². The van der Waals surface area contributed by atoms with E-state index in [2.05, 4.69) is 13.8 Å². The molecule has 0 heterocycles. The molecule has 29 heavy (non-hydrogen) atoms. The van der Waals surface area contributed by atoms with Crippen molar-refractivity contribution in [2.45, 2.75) is 90.3 Å². The number of rotatable bonds is 4. The molecule has 5 nitrogen and oxygen atoms in total. The number of ketones is 1. The average Bonchev–Trinajstić information content (AvgIpc) is 3.02. The van der Waals surface area contributed by atoms with Crippen LogP contribution in [0.15, 0.2) is 0 Å². The highest BCUT2D eigenvalue weighted by Crippen LogP contribution is 2.67. The molecular formula is C24H38O5. The zero-order valence-electron chi connectivity index (χ0n) is 18.2. The van der Waals surface area contributed by atoms with Gasteiger partial charge in [-0.25, -0.2) is 0 Å². The zero-order valence-corrected chi connectivity index (χ0v) is 18.2. The van der Waals surface area contributed by atoms with Crippen molar-refractivity contribution in [3.8, 4) is 0 Å². The average molecular weight is 407 g/mol. The molecule has 0 bridgehead atoms. The van der Waals surface area contributed by atoms with Gasteiger partial charge in [-0.1, -0.05) is 13.8 Å². The second-order valence-corrected chi connectivity index (χ2v) is 10.9. The summed E-state index contributed by atoms with van der Waals surface area (Å²) < 4.78 is 4.78. The highest BCUT2D eigenvalue weighted by molar-refractivity contribution is 5.79. The third-order valence-corrected chi connectivity index (χ3v) is 9.96. The van der Waals surface area contributed by atoms with E-state index >= 15 is 0 Å².